The van der Waals surface area contributed by atoms with E-state index in [0.717, 1.165) is 18.5 Å². The fourth-order valence-electron chi connectivity index (χ4n) is 2.26. The quantitative estimate of drug-likeness (QED) is 0.792. The summed E-state index contributed by atoms with van der Waals surface area (Å²) in [7, 11) is 0. The first kappa shape index (κ1) is 12.6. The van der Waals surface area contributed by atoms with E-state index in [1.165, 1.54) is 12.8 Å². The minimum Gasteiger partial charge on any atom is -0.313 e. The van der Waals surface area contributed by atoms with E-state index in [0.29, 0.717) is 17.9 Å². The lowest BCUT2D eigenvalue weighted by atomic mass is 9.85. The summed E-state index contributed by atoms with van der Waals surface area (Å²) in [6, 6.07) is 7.89. The SMILES string of the molecule is CCC(C)C(CNC1CC1)c1ccccc1F. The smallest absolute Gasteiger partial charge is 0.126 e. The standard InChI is InChI=1S/C15H22FN/c1-3-11(2)14(10-17-12-8-9-12)13-6-4-5-7-15(13)16/h4-7,11-12,14,17H,3,8-10H2,1-2H3. The van der Waals surface area contributed by atoms with Crippen LogP contribution < -0.4 is 5.32 Å². The predicted octanol–water partition coefficient (Wildman–Crippen LogP) is 3.71. The van der Waals surface area contributed by atoms with Crippen molar-refractivity contribution in [2.24, 2.45) is 5.92 Å². The zero-order valence-electron chi connectivity index (χ0n) is 10.7. The van der Waals surface area contributed by atoms with E-state index in [-0.39, 0.29) is 5.82 Å². The molecule has 2 unspecified atom stereocenters. The minimum atomic E-state index is -0.0598. The number of rotatable bonds is 6. The Morgan fingerprint density at radius 2 is 2.06 bits per heavy atom. The molecule has 0 aromatic heterocycles. The van der Waals surface area contributed by atoms with Gasteiger partial charge in [-0.25, -0.2) is 4.39 Å². The summed E-state index contributed by atoms with van der Waals surface area (Å²) in [6.45, 7) is 5.29. The van der Waals surface area contributed by atoms with Crippen LogP contribution in [-0.4, -0.2) is 12.6 Å². The highest BCUT2D eigenvalue weighted by atomic mass is 19.1. The van der Waals surface area contributed by atoms with Crippen molar-refractivity contribution in [1.82, 2.24) is 5.32 Å². The van der Waals surface area contributed by atoms with Gasteiger partial charge in [0.05, 0.1) is 0 Å². The Kier molecular flexibility index (Phi) is 4.16. The van der Waals surface area contributed by atoms with E-state index >= 15 is 0 Å². The first-order valence-electron chi connectivity index (χ1n) is 6.70. The van der Waals surface area contributed by atoms with Crippen molar-refractivity contribution in [3.8, 4) is 0 Å². The molecule has 17 heavy (non-hydrogen) atoms. The topological polar surface area (TPSA) is 12.0 Å². The molecule has 0 saturated heterocycles. The average molecular weight is 235 g/mol. The highest BCUT2D eigenvalue weighted by Gasteiger charge is 2.25. The first-order valence-corrected chi connectivity index (χ1v) is 6.70. The van der Waals surface area contributed by atoms with Crippen molar-refractivity contribution < 1.29 is 4.39 Å². The zero-order valence-corrected chi connectivity index (χ0v) is 10.7. The van der Waals surface area contributed by atoms with Crippen LogP contribution >= 0.6 is 0 Å². The molecule has 2 atom stereocenters. The Labute approximate surface area is 103 Å². The lowest BCUT2D eigenvalue weighted by molar-refractivity contribution is 0.406. The lowest BCUT2D eigenvalue weighted by Crippen LogP contribution is -2.27. The molecule has 2 rings (SSSR count). The van der Waals surface area contributed by atoms with Gasteiger partial charge in [0, 0.05) is 18.5 Å². The predicted molar refractivity (Wildman–Crippen MR) is 69.6 cm³/mol. The number of hydrogen-bond donors (Lipinski definition) is 1. The summed E-state index contributed by atoms with van der Waals surface area (Å²) in [6.07, 6.45) is 3.65. The second-order valence-electron chi connectivity index (χ2n) is 5.20. The summed E-state index contributed by atoms with van der Waals surface area (Å²) in [5, 5.41) is 3.53. The van der Waals surface area contributed by atoms with Gasteiger partial charge in [0.1, 0.15) is 5.82 Å². The Hall–Kier alpha value is -0.890. The fourth-order valence-corrected chi connectivity index (χ4v) is 2.26. The largest absolute Gasteiger partial charge is 0.313 e. The van der Waals surface area contributed by atoms with E-state index in [2.05, 4.69) is 19.2 Å². The summed E-state index contributed by atoms with van der Waals surface area (Å²) in [4.78, 5) is 0. The van der Waals surface area contributed by atoms with Crippen LogP contribution in [0.15, 0.2) is 24.3 Å². The molecule has 0 bridgehead atoms. The molecule has 1 saturated carbocycles. The van der Waals surface area contributed by atoms with Gasteiger partial charge in [-0.05, 0) is 30.4 Å². The van der Waals surface area contributed by atoms with Gasteiger partial charge in [0.2, 0.25) is 0 Å². The molecule has 1 nitrogen and oxygen atoms in total. The van der Waals surface area contributed by atoms with Gasteiger partial charge in [0.15, 0.2) is 0 Å². The zero-order chi connectivity index (χ0) is 12.3. The molecule has 1 fully saturated rings. The normalized spacial score (nSPS) is 19.0. The Bertz CT molecular complexity index is 360. The Balaban J connectivity index is 2.10. The third kappa shape index (κ3) is 3.29. The molecular formula is C15H22FN. The van der Waals surface area contributed by atoms with Gasteiger partial charge >= 0.3 is 0 Å². The summed E-state index contributed by atoms with van der Waals surface area (Å²) in [5.74, 6) is 0.746. The molecule has 94 valence electrons. The van der Waals surface area contributed by atoms with Crippen molar-refractivity contribution in [2.45, 2.75) is 45.1 Å². The molecule has 2 heteroatoms. The van der Waals surface area contributed by atoms with Crippen LogP contribution in [0.4, 0.5) is 4.39 Å². The van der Waals surface area contributed by atoms with Crippen LogP contribution in [0.25, 0.3) is 0 Å². The van der Waals surface area contributed by atoms with Gasteiger partial charge in [-0.3, -0.25) is 0 Å². The number of nitrogens with one attached hydrogen (secondary N) is 1. The molecule has 0 radical (unpaired) electrons. The summed E-state index contributed by atoms with van der Waals surface area (Å²) < 4.78 is 13.8. The molecule has 0 aliphatic heterocycles. The second kappa shape index (κ2) is 5.63. The molecule has 0 spiro atoms. The number of halogens is 1. The van der Waals surface area contributed by atoms with E-state index in [4.69, 9.17) is 0 Å². The summed E-state index contributed by atoms with van der Waals surface area (Å²) >= 11 is 0. The van der Waals surface area contributed by atoms with Crippen molar-refractivity contribution in [2.75, 3.05) is 6.54 Å². The van der Waals surface area contributed by atoms with Crippen LogP contribution in [0.1, 0.15) is 44.6 Å². The minimum absolute atomic E-state index is 0.0598. The van der Waals surface area contributed by atoms with Gasteiger partial charge in [-0.1, -0.05) is 38.5 Å². The van der Waals surface area contributed by atoms with Crippen LogP contribution in [0.5, 0.6) is 0 Å². The molecule has 1 aliphatic rings. The van der Waals surface area contributed by atoms with Crippen molar-refractivity contribution in [3.05, 3.63) is 35.6 Å². The Morgan fingerprint density at radius 3 is 2.65 bits per heavy atom. The average Bonchev–Trinajstić information content (AvgIpc) is 3.15. The van der Waals surface area contributed by atoms with Gasteiger partial charge in [-0.15, -0.1) is 0 Å². The van der Waals surface area contributed by atoms with E-state index in [9.17, 15) is 4.39 Å². The van der Waals surface area contributed by atoms with Crippen molar-refractivity contribution in [1.29, 1.82) is 0 Å². The van der Waals surface area contributed by atoms with Crippen LogP contribution in [-0.2, 0) is 0 Å². The monoisotopic (exact) mass is 235 g/mol. The van der Waals surface area contributed by atoms with E-state index in [1.807, 2.05) is 12.1 Å². The maximum Gasteiger partial charge on any atom is 0.126 e. The third-order valence-corrected chi connectivity index (χ3v) is 3.84. The number of hydrogen-bond acceptors (Lipinski definition) is 1. The molecule has 1 aromatic rings. The highest BCUT2D eigenvalue weighted by molar-refractivity contribution is 5.23. The Morgan fingerprint density at radius 1 is 1.35 bits per heavy atom. The number of benzene rings is 1. The van der Waals surface area contributed by atoms with Crippen molar-refractivity contribution >= 4 is 0 Å². The molecule has 1 aliphatic carbocycles. The third-order valence-electron chi connectivity index (χ3n) is 3.84. The summed E-state index contributed by atoms with van der Waals surface area (Å²) in [5.41, 5.74) is 0.870. The maximum atomic E-state index is 13.8. The second-order valence-corrected chi connectivity index (χ2v) is 5.20. The highest BCUT2D eigenvalue weighted by Crippen LogP contribution is 2.29. The first-order chi connectivity index (χ1) is 8.22. The molecule has 1 aromatic carbocycles. The van der Waals surface area contributed by atoms with Gasteiger partial charge < -0.3 is 5.32 Å². The molecular weight excluding hydrogens is 213 g/mol. The van der Waals surface area contributed by atoms with Crippen LogP contribution in [0.3, 0.4) is 0 Å². The van der Waals surface area contributed by atoms with Gasteiger partial charge in [0.25, 0.3) is 0 Å². The molecule has 0 heterocycles. The van der Waals surface area contributed by atoms with Crippen molar-refractivity contribution in [3.63, 3.8) is 0 Å². The van der Waals surface area contributed by atoms with Crippen LogP contribution in [0, 0.1) is 11.7 Å². The van der Waals surface area contributed by atoms with E-state index in [1.54, 1.807) is 12.1 Å². The lowest BCUT2D eigenvalue weighted by Gasteiger charge is -2.24. The van der Waals surface area contributed by atoms with Crippen LogP contribution in [0.2, 0.25) is 0 Å². The maximum absolute atomic E-state index is 13.8. The molecule has 1 N–H and O–H groups in total. The fraction of sp³-hybridized carbons (Fsp3) is 0.600. The van der Waals surface area contributed by atoms with E-state index < -0.39 is 0 Å². The van der Waals surface area contributed by atoms with Gasteiger partial charge in [-0.2, -0.15) is 0 Å². The molecule has 0 amide bonds.